The van der Waals surface area contributed by atoms with Crippen molar-refractivity contribution in [3.8, 4) is 0 Å². The van der Waals surface area contributed by atoms with Gasteiger partial charge in [-0.15, -0.1) is 0 Å². The number of benzene rings is 1. The number of nitrogens with one attached hydrogen (secondary N) is 1. The van der Waals surface area contributed by atoms with Gasteiger partial charge in [0.15, 0.2) is 0 Å². The molecule has 22 heavy (non-hydrogen) atoms. The molecule has 2 rings (SSSR count). The van der Waals surface area contributed by atoms with E-state index in [1.54, 1.807) is 5.06 Å². The van der Waals surface area contributed by atoms with Crippen LogP contribution in [0, 0.1) is 0 Å². The van der Waals surface area contributed by atoms with Crippen LogP contribution < -0.4 is 10.9 Å². The van der Waals surface area contributed by atoms with Crippen LogP contribution in [0.3, 0.4) is 0 Å². The van der Waals surface area contributed by atoms with E-state index in [9.17, 15) is 0 Å². The fourth-order valence-electron chi connectivity index (χ4n) is 2.18. The lowest BCUT2D eigenvalue weighted by atomic mass is 9.79. The molecule has 1 fully saturated rings. The fourth-order valence-corrected chi connectivity index (χ4v) is 2.18. The predicted molar refractivity (Wildman–Crippen MR) is 88.0 cm³/mol. The zero-order chi connectivity index (χ0) is 16.4. The summed E-state index contributed by atoms with van der Waals surface area (Å²) in [5, 5.41) is 1.69. The average Bonchev–Trinajstić information content (AvgIpc) is 2.66. The molecule has 1 aliphatic heterocycles. The van der Waals surface area contributed by atoms with Gasteiger partial charge in [0, 0.05) is 13.2 Å². The Morgan fingerprint density at radius 2 is 1.73 bits per heavy atom. The Balaban J connectivity index is 2.00. The van der Waals surface area contributed by atoms with E-state index in [4.69, 9.17) is 14.2 Å². The third kappa shape index (κ3) is 3.70. The van der Waals surface area contributed by atoms with Gasteiger partial charge in [0.1, 0.15) is 0 Å². The Kier molecular flexibility index (Phi) is 4.97. The van der Waals surface area contributed by atoms with Crippen LogP contribution in [0.25, 0.3) is 0 Å². The zero-order valence-corrected chi connectivity index (χ0v) is 14.1. The van der Waals surface area contributed by atoms with Gasteiger partial charge >= 0.3 is 7.12 Å². The van der Waals surface area contributed by atoms with Crippen LogP contribution in [0.5, 0.6) is 0 Å². The average molecular weight is 304 g/mol. The third-order valence-electron chi connectivity index (χ3n) is 4.20. The van der Waals surface area contributed by atoms with Gasteiger partial charge in [0.05, 0.1) is 17.7 Å². The molecule has 0 bridgehead atoms. The molecule has 1 N–H and O–H groups in total. The van der Waals surface area contributed by atoms with Crippen molar-refractivity contribution in [3.05, 3.63) is 42.6 Å². The minimum absolute atomic E-state index is 0.319. The second-order valence-electron chi connectivity index (χ2n) is 6.53. The predicted octanol–water partition coefficient (Wildman–Crippen LogP) is 2.00. The van der Waals surface area contributed by atoms with Gasteiger partial charge in [0.25, 0.3) is 0 Å². The van der Waals surface area contributed by atoms with E-state index in [1.807, 2.05) is 31.3 Å². The maximum atomic E-state index is 6.05. The number of rotatable bonds is 6. The summed E-state index contributed by atoms with van der Waals surface area (Å²) < 4.78 is 12.1. The molecule has 0 aromatic heterocycles. The van der Waals surface area contributed by atoms with Gasteiger partial charge in [-0.2, -0.15) is 10.0 Å². The highest BCUT2D eigenvalue weighted by Crippen LogP contribution is 2.36. The molecular weight excluding hydrogens is 279 g/mol. The summed E-state index contributed by atoms with van der Waals surface area (Å²) >= 11 is 0. The van der Waals surface area contributed by atoms with Crippen LogP contribution in [0.1, 0.15) is 33.3 Å². The normalized spacial score (nSPS) is 19.5. The second kappa shape index (κ2) is 6.42. The molecule has 0 atom stereocenters. The van der Waals surface area contributed by atoms with Crippen LogP contribution in [0.4, 0.5) is 0 Å². The lowest BCUT2D eigenvalue weighted by Crippen LogP contribution is -2.41. The molecule has 1 heterocycles. The molecule has 1 saturated heterocycles. The summed E-state index contributed by atoms with van der Waals surface area (Å²) in [6.45, 7) is 12.4. The van der Waals surface area contributed by atoms with E-state index >= 15 is 0 Å². The largest absolute Gasteiger partial charge is 0.494 e. The van der Waals surface area contributed by atoms with E-state index in [-0.39, 0.29) is 18.3 Å². The third-order valence-corrected chi connectivity index (χ3v) is 4.20. The standard InChI is InChI=1S/C16H25BN2O3/c1-7-18-22-19(6)12-13-8-10-14(11-9-13)17-20-15(2,3)16(4,5)21-17/h7-11,18H,1,12H2,2-6H3. The van der Waals surface area contributed by atoms with Crippen molar-refractivity contribution in [1.82, 2.24) is 10.5 Å². The highest BCUT2D eigenvalue weighted by atomic mass is 16.8. The molecule has 0 aliphatic carbocycles. The Morgan fingerprint density at radius 1 is 1.18 bits per heavy atom. The molecule has 1 aliphatic rings. The van der Waals surface area contributed by atoms with Gasteiger partial charge in [-0.1, -0.05) is 30.8 Å². The highest BCUT2D eigenvalue weighted by molar-refractivity contribution is 6.62. The number of hydrogen-bond acceptors (Lipinski definition) is 5. The molecule has 0 saturated carbocycles. The maximum Gasteiger partial charge on any atom is 0.494 e. The maximum absolute atomic E-state index is 6.05. The van der Waals surface area contributed by atoms with Gasteiger partial charge in [-0.3, -0.25) is 5.48 Å². The van der Waals surface area contributed by atoms with E-state index in [0.717, 1.165) is 11.0 Å². The Bertz CT molecular complexity index is 501. The van der Waals surface area contributed by atoms with Crippen molar-refractivity contribution in [2.45, 2.75) is 45.4 Å². The van der Waals surface area contributed by atoms with Crippen molar-refractivity contribution in [2.75, 3.05) is 7.05 Å². The van der Waals surface area contributed by atoms with Crippen molar-refractivity contribution < 1.29 is 14.2 Å². The molecule has 6 heteroatoms. The topological polar surface area (TPSA) is 43.0 Å². The molecule has 0 amide bonds. The first-order valence-electron chi connectivity index (χ1n) is 7.44. The highest BCUT2D eigenvalue weighted by Gasteiger charge is 2.51. The number of hydrogen-bond donors (Lipinski definition) is 1. The minimum atomic E-state index is -0.324. The first-order chi connectivity index (χ1) is 10.2. The molecule has 0 spiro atoms. The molecule has 5 nitrogen and oxygen atoms in total. The quantitative estimate of drug-likeness (QED) is 0.643. The van der Waals surface area contributed by atoms with Crippen LogP contribution in [0.15, 0.2) is 37.0 Å². The summed E-state index contributed by atoms with van der Waals surface area (Å²) in [7, 11) is 1.52. The summed E-state index contributed by atoms with van der Waals surface area (Å²) in [6, 6.07) is 8.17. The molecule has 0 radical (unpaired) electrons. The van der Waals surface area contributed by atoms with Crippen molar-refractivity contribution >= 4 is 12.6 Å². The fraction of sp³-hybridized carbons (Fsp3) is 0.500. The van der Waals surface area contributed by atoms with Gasteiger partial charge < -0.3 is 9.31 Å². The van der Waals surface area contributed by atoms with Crippen LogP contribution >= 0.6 is 0 Å². The number of nitrogens with zero attached hydrogens (tertiary/aromatic N) is 1. The molecule has 0 unspecified atom stereocenters. The zero-order valence-electron chi connectivity index (χ0n) is 14.1. The van der Waals surface area contributed by atoms with Crippen molar-refractivity contribution in [3.63, 3.8) is 0 Å². The van der Waals surface area contributed by atoms with Crippen molar-refractivity contribution in [2.24, 2.45) is 0 Å². The summed E-state index contributed by atoms with van der Waals surface area (Å²) in [5.74, 6) is 0. The summed E-state index contributed by atoms with van der Waals surface area (Å²) in [5.41, 5.74) is 4.11. The van der Waals surface area contributed by atoms with E-state index in [0.29, 0.717) is 6.54 Å². The molecule has 120 valence electrons. The Morgan fingerprint density at radius 3 is 2.23 bits per heavy atom. The smallest absolute Gasteiger partial charge is 0.399 e. The molecule has 1 aromatic carbocycles. The second-order valence-corrected chi connectivity index (χ2v) is 6.53. The van der Waals surface area contributed by atoms with Gasteiger partial charge in [-0.05, 0) is 38.7 Å². The molecule has 1 aromatic rings. The van der Waals surface area contributed by atoms with Crippen molar-refractivity contribution in [1.29, 1.82) is 0 Å². The molecular formula is C16H25BN2O3. The van der Waals surface area contributed by atoms with Gasteiger partial charge in [0.2, 0.25) is 0 Å². The number of hydroxylamine groups is 3. The van der Waals surface area contributed by atoms with Crippen LogP contribution in [0.2, 0.25) is 0 Å². The Labute approximate surface area is 133 Å². The van der Waals surface area contributed by atoms with E-state index < -0.39 is 0 Å². The Hall–Kier alpha value is -1.34. The first-order valence-corrected chi connectivity index (χ1v) is 7.44. The van der Waals surface area contributed by atoms with Crippen LogP contribution in [-0.4, -0.2) is 30.4 Å². The first kappa shape index (κ1) is 17.0. The monoisotopic (exact) mass is 304 g/mol. The summed E-state index contributed by atoms with van der Waals surface area (Å²) in [6.07, 6.45) is 1.48. The van der Waals surface area contributed by atoms with E-state index in [2.05, 4.69) is 39.8 Å². The SMILES string of the molecule is C=CNON(C)Cc1ccc(B2OC(C)(C)C(C)(C)O2)cc1. The van der Waals surface area contributed by atoms with Crippen LogP contribution in [-0.2, 0) is 20.8 Å². The lowest BCUT2D eigenvalue weighted by Gasteiger charge is -2.32. The van der Waals surface area contributed by atoms with Gasteiger partial charge in [-0.25, -0.2) is 0 Å². The minimum Gasteiger partial charge on any atom is -0.399 e. The summed E-state index contributed by atoms with van der Waals surface area (Å²) in [4.78, 5) is 5.20. The van der Waals surface area contributed by atoms with E-state index in [1.165, 1.54) is 6.20 Å². The lowest BCUT2D eigenvalue weighted by molar-refractivity contribution is -0.186.